The number of furan rings is 1. The first-order valence-corrected chi connectivity index (χ1v) is 3.86. The summed E-state index contributed by atoms with van der Waals surface area (Å²) < 4.78 is 5.14. The average molecular weight is 173 g/mol. The van der Waals surface area contributed by atoms with E-state index in [2.05, 4.69) is 4.98 Å². The molecule has 0 aliphatic carbocycles. The number of aromatic nitrogens is 1. The molecule has 0 spiro atoms. The van der Waals surface area contributed by atoms with Crippen LogP contribution in [0.5, 0.6) is 0 Å². The van der Waals surface area contributed by atoms with Crippen LogP contribution in [0.15, 0.2) is 41.0 Å². The molecule has 0 aliphatic heterocycles. The van der Waals surface area contributed by atoms with Gasteiger partial charge in [-0.25, -0.2) is 4.98 Å². The second kappa shape index (κ2) is 3.23. The molecule has 2 aromatic heterocycles. The highest BCUT2D eigenvalue weighted by molar-refractivity contribution is 5.73. The Bertz CT molecular complexity index is 407. The van der Waals surface area contributed by atoms with Crippen molar-refractivity contribution >= 4 is 6.29 Å². The zero-order valence-electron chi connectivity index (χ0n) is 6.81. The third-order valence-electron chi connectivity index (χ3n) is 1.67. The Balaban J connectivity index is 2.47. The van der Waals surface area contributed by atoms with E-state index in [9.17, 15) is 4.79 Å². The van der Waals surface area contributed by atoms with Crippen molar-refractivity contribution in [1.82, 2.24) is 4.98 Å². The monoisotopic (exact) mass is 173 g/mol. The molecule has 0 saturated carbocycles. The molecular formula is C10H7NO2. The third-order valence-corrected chi connectivity index (χ3v) is 1.67. The highest BCUT2D eigenvalue weighted by atomic mass is 16.3. The predicted octanol–water partition coefficient (Wildman–Crippen LogP) is 2.15. The molecule has 0 N–H and O–H groups in total. The molecule has 0 aromatic carbocycles. The van der Waals surface area contributed by atoms with Gasteiger partial charge >= 0.3 is 0 Å². The van der Waals surface area contributed by atoms with Crippen LogP contribution in [0.3, 0.4) is 0 Å². The van der Waals surface area contributed by atoms with E-state index in [1.54, 1.807) is 36.6 Å². The molecule has 0 radical (unpaired) electrons. The predicted molar refractivity (Wildman–Crippen MR) is 47.3 cm³/mol. The van der Waals surface area contributed by atoms with Crippen LogP contribution in [0.4, 0.5) is 0 Å². The summed E-state index contributed by atoms with van der Waals surface area (Å²) in [7, 11) is 0. The van der Waals surface area contributed by atoms with E-state index in [1.807, 2.05) is 0 Å². The molecule has 2 heterocycles. The van der Waals surface area contributed by atoms with E-state index in [0.717, 1.165) is 0 Å². The largest absolute Gasteiger partial charge is 0.463 e. The van der Waals surface area contributed by atoms with Crippen LogP contribution in [0, 0.1) is 0 Å². The number of carbonyl (C=O) groups excluding carboxylic acids is 1. The lowest BCUT2D eigenvalue weighted by Crippen LogP contribution is -1.87. The van der Waals surface area contributed by atoms with Gasteiger partial charge in [-0.15, -0.1) is 0 Å². The van der Waals surface area contributed by atoms with Crippen molar-refractivity contribution in [2.24, 2.45) is 0 Å². The van der Waals surface area contributed by atoms with Crippen LogP contribution in [-0.4, -0.2) is 11.3 Å². The first-order chi connectivity index (χ1) is 6.40. The van der Waals surface area contributed by atoms with Crippen molar-refractivity contribution in [3.63, 3.8) is 0 Å². The van der Waals surface area contributed by atoms with Gasteiger partial charge in [-0.05, 0) is 24.3 Å². The zero-order chi connectivity index (χ0) is 9.10. The van der Waals surface area contributed by atoms with Gasteiger partial charge < -0.3 is 4.42 Å². The molecule has 2 aromatic rings. The van der Waals surface area contributed by atoms with Gasteiger partial charge in [-0.3, -0.25) is 4.79 Å². The van der Waals surface area contributed by atoms with Crippen LogP contribution >= 0.6 is 0 Å². The second-order valence-corrected chi connectivity index (χ2v) is 2.54. The van der Waals surface area contributed by atoms with Crippen LogP contribution in [0.25, 0.3) is 11.5 Å². The molecule has 2 rings (SSSR count). The summed E-state index contributed by atoms with van der Waals surface area (Å²) in [6.45, 7) is 0. The van der Waals surface area contributed by atoms with Crippen LogP contribution in [0.1, 0.15) is 10.5 Å². The number of nitrogens with zero attached hydrogens (tertiary/aromatic N) is 1. The number of pyridine rings is 1. The summed E-state index contributed by atoms with van der Waals surface area (Å²) in [4.78, 5) is 14.5. The Morgan fingerprint density at radius 2 is 2.15 bits per heavy atom. The summed E-state index contributed by atoms with van der Waals surface area (Å²) in [5.41, 5.74) is 1.09. The highest BCUT2D eigenvalue weighted by Gasteiger charge is 2.01. The maximum Gasteiger partial charge on any atom is 0.168 e. The maximum absolute atomic E-state index is 10.4. The maximum atomic E-state index is 10.4. The van der Waals surface area contributed by atoms with E-state index in [0.29, 0.717) is 23.4 Å². The number of aldehydes is 1. The molecule has 0 unspecified atom stereocenters. The van der Waals surface area contributed by atoms with E-state index >= 15 is 0 Å². The van der Waals surface area contributed by atoms with Crippen LogP contribution in [-0.2, 0) is 0 Å². The lowest BCUT2D eigenvalue weighted by molar-refractivity contribution is 0.111. The lowest BCUT2D eigenvalue weighted by Gasteiger charge is -1.95. The highest BCUT2D eigenvalue weighted by Crippen LogP contribution is 2.16. The summed E-state index contributed by atoms with van der Waals surface area (Å²) in [5.74, 6) is 0.670. The van der Waals surface area contributed by atoms with Crippen molar-refractivity contribution in [3.05, 3.63) is 42.3 Å². The van der Waals surface area contributed by atoms with E-state index in [1.165, 1.54) is 0 Å². The second-order valence-electron chi connectivity index (χ2n) is 2.54. The van der Waals surface area contributed by atoms with Crippen molar-refractivity contribution in [3.8, 4) is 11.5 Å². The number of carbonyl (C=O) groups is 1. The molecule has 0 aliphatic rings. The Morgan fingerprint density at radius 1 is 1.23 bits per heavy atom. The molecule has 0 bridgehead atoms. The summed E-state index contributed by atoms with van der Waals surface area (Å²) in [6, 6.07) is 8.81. The first kappa shape index (κ1) is 7.73. The van der Waals surface area contributed by atoms with E-state index in [-0.39, 0.29) is 0 Å². The van der Waals surface area contributed by atoms with Gasteiger partial charge in [0.2, 0.25) is 0 Å². The van der Waals surface area contributed by atoms with Gasteiger partial charge in [-0.2, -0.15) is 0 Å². The fraction of sp³-hybridized carbons (Fsp3) is 0. The molecule has 13 heavy (non-hydrogen) atoms. The Morgan fingerprint density at radius 3 is 2.85 bits per heavy atom. The molecule has 0 saturated heterocycles. The molecular weight excluding hydrogens is 166 g/mol. The third kappa shape index (κ3) is 1.49. The van der Waals surface area contributed by atoms with Crippen molar-refractivity contribution in [2.75, 3.05) is 0 Å². The van der Waals surface area contributed by atoms with Gasteiger partial charge in [0, 0.05) is 0 Å². The number of hydrogen-bond acceptors (Lipinski definition) is 3. The average Bonchev–Trinajstić information content (AvgIpc) is 2.71. The fourth-order valence-corrected chi connectivity index (χ4v) is 1.08. The number of rotatable bonds is 2. The topological polar surface area (TPSA) is 43.1 Å². The van der Waals surface area contributed by atoms with Crippen molar-refractivity contribution in [1.29, 1.82) is 0 Å². The molecule has 0 fully saturated rings. The standard InChI is InChI=1S/C10H7NO2/c12-7-8-3-1-4-9(11-8)10-5-2-6-13-10/h1-7H. The van der Waals surface area contributed by atoms with Gasteiger partial charge in [0.15, 0.2) is 12.0 Å². The number of hydrogen-bond donors (Lipinski definition) is 0. The van der Waals surface area contributed by atoms with Crippen molar-refractivity contribution in [2.45, 2.75) is 0 Å². The molecule has 3 nitrogen and oxygen atoms in total. The normalized spacial score (nSPS) is 9.85. The SMILES string of the molecule is O=Cc1cccc(-c2ccco2)n1. The van der Waals surface area contributed by atoms with Crippen LogP contribution < -0.4 is 0 Å². The van der Waals surface area contributed by atoms with Gasteiger partial charge in [0.1, 0.15) is 11.4 Å². The van der Waals surface area contributed by atoms with Gasteiger partial charge in [0.05, 0.1) is 6.26 Å². The Labute approximate surface area is 75.0 Å². The lowest BCUT2D eigenvalue weighted by atomic mass is 10.2. The van der Waals surface area contributed by atoms with Crippen LogP contribution in [0.2, 0.25) is 0 Å². The van der Waals surface area contributed by atoms with E-state index in [4.69, 9.17) is 4.42 Å². The van der Waals surface area contributed by atoms with Crippen molar-refractivity contribution < 1.29 is 9.21 Å². The molecule has 0 atom stereocenters. The van der Waals surface area contributed by atoms with Gasteiger partial charge in [-0.1, -0.05) is 6.07 Å². The molecule has 3 heteroatoms. The summed E-state index contributed by atoms with van der Waals surface area (Å²) in [5, 5.41) is 0. The minimum absolute atomic E-state index is 0.411. The minimum Gasteiger partial charge on any atom is -0.463 e. The molecule has 64 valence electrons. The fourth-order valence-electron chi connectivity index (χ4n) is 1.08. The van der Waals surface area contributed by atoms with Gasteiger partial charge in [0.25, 0.3) is 0 Å². The summed E-state index contributed by atoms with van der Waals surface area (Å²) >= 11 is 0. The smallest absolute Gasteiger partial charge is 0.168 e. The summed E-state index contributed by atoms with van der Waals surface area (Å²) in [6.07, 6.45) is 2.29. The molecule has 0 amide bonds. The quantitative estimate of drug-likeness (QED) is 0.653. The Hall–Kier alpha value is -1.90. The minimum atomic E-state index is 0.411. The van der Waals surface area contributed by atoms with E-state index < -0.39 is 0 Å². The Kier molecular flexibility index (Phi) is 1.92. The zero-order valence-corrected chi connectivity index (χ0v) is 6.81. The first-order valence-electron chi connectivity index (χ1n) is 3.86.